The van der Waals surface area contributed by atoms with E-state index in [2.05, 4.69) is 0 Å². The fraction of sp³-hybridized carbons (Fsp3) is 0.364. The fourth-order valence-electron chi connectivity index (χ4n) is 1.25. The number of carbonyl (C=O) groups is 1. The first-order chi connectivity index (χ1) is 7.19. The normalized spacial score (nSPS) is 12.1. The molecule has 0 aliphatic carbocycles. The monoisotopic (exact) mass is 209 g/mol. The van der Waals surface area contributed by atoms with E-state index in [1.165, 1.54) is 0 Å². The van der Waals surface area contributed by atoms with Gasteiger partial charge in [0.05, 0.1) is 0 Å². The highest BCUT2D eigenvalue weighted by Gasteiger charge is 2.17. The molecule has 1 aromatic carbocycles. The maximum Gasteiger partial charge on any atom is 0.344 e. The summed E-state index contributed by atoms with van der Waals surface area (Å²) >= 11 is 0. The SMILES string of the molecule is CCC(Oc1ccccc1CN)C(=O)O. The highest BCUT2D eigenvalue weighted by molar-refractivity contribution is 5.72. The summed E-state index contributed by atoms with van der Waals surface area (Å²) in [5.74, 6) is -0.404. The Morgan fingerprint density at radius 2 is 2.20 bits per heavy atom. The Labute approximate surface area is 88.7 Å². The molecule has 3 N–H and O–H groups in total. The molecule has 0 spiro atoms. The number of hydrogen-bond donors (Lipinski definition) is 2. The van der Waals surface area contributed by atoms with E-state index in [1.807, 2.05) is 12.1 Å². The van der Waals surface area contributed by atoms with Crippen LogP contribution in [0.15, 0.2) is 24.3 Å². The summed E-state index contributed by atoms with van der Waals surface area (Å²) in [6.45, 7) is 2.11. The van der Waals surface area contributed by atoms with Gasteiger partial charge in [-0.1, -0.05) is 25.1 Å². The lowest BCUT2D eigenvalue weighted by Crippen LogP contribution is -2.26. The van der Waals surface area contributed by atoms with Gasteiger partial charge in [-0.15, -0.1) is 0 Å². The van der Waals surface area contributed by atoms with E-state index < -0.39 is 12.1 Å². The largest absolute Gasteiger partial charge is 0.479 e. The Hall–Kier alpha value is -1.55. The molecule has 15 heavy (non-hydrogen) atoms. The number of carboxylic acids is 1. The highest BCUT2D eigenvalue weighted by atomic mass is 16.5. The second-order valence-corrected chi connectivity index (χ2v) is 3.16. The first-order valence-corrected chi connectivity index (χ1v) is 4.86. The Kier molecular flexibility index (Phi) is 4.12. The maximum atomic E-state index is 10.8. The van der Waals surface area contributed by atoms with Gasteiger partial charge in [0.2, 0.25) is 0 Å². The quantitative estimate of drug-likeness (QED) is 0.768. The van der Waals surface area contributed by atoms with Crippen molar-refractivity contribution < 1.29 is 14.6 Å². The maximum absolute atomic E-state index is 10.8. The molecule has 0 aliphatic heterocycles. The summed E-state index contributed by atoms with van der Waals surface area (Å²) < 4.78 is 5.37. The van der Waals surface area contributed by atoms with Crippen LogP contribution >= 0.6 is 0 Å². The summed E-state index contributed by atoms with van der Waals surface area (Å²) in [6, 6.07) is 7.19. The van der Waals surface area contributed by atoms with Gasteiger partial charge in [0.15, 0.2) is 6.10 Å². The number of aliphatic carboxylic acids is 1. The molecule has 0 bridgehead atoms. The third-order valence-electron chi connectivity index (χ3n) is 2.11. The van der Waals surface area contributed by atoms with Crippen LogP contribution < -0.4 is 10.5 Å². The van der Waals surface area contributed by atoms with E-state index in [4.69, 9.17) is 15.6 Å². The first-order valence-electron chi connectivity index (χ1n) is 4.86. The van der Waals surface area contributed by atoms with Gasteiger partial charge < -0.3 is 15.6 Å². The summed E-state index contributed by atoms with van der Waals surface area (Å²) in [5, 5.41) is 8.84. The molecule has 0 saturated carbocycles. The minimum Gasteiger partial charge on any atom is -0.479 e. The van der Waals surface area contributed by atoms with Crippen molar-refractivity contribution in [3.63, 3.8) is 0 Å². The Bertz CT molecular complexity index is 338. The zero-order valence-electron chi connectivity index (χ0n) is 8.64. The van der Waals surface area contributed by atoms with E-state index in [0.29, 0.717) is 18.7 Å². The molecule has 82 valence electrons. The van der Waals surface area contributed by atoms with Crippen molar-refractivity contribution in [2.75, 3.05) is 0 Å². The van der Waals surface area contributed by atoms with Gasteiger partial charge in [-0.3, -0.25) is 0 Å². The van der Waals surface area contributed by atoms with Gasteiger partial charge in [-0.25, -0.2) is 4.79 Å². The van der Waals surface area contributed by atoms with E-state index in [0.717, 1.165) is 5.56 Å². The summed E-state index contributed by atoms with van der Waals surface area (Å²) in [4.78, 5) is 10.8. The average Bonchev–Trinajstić information content (AvgIpc) is 2.25. The molecule has 1 aromatic rings. The number of hydrogen-bond acceptors (Lipinski definition) is 3. The van der Waals surface area contributed by atoms with Crippen molar-refractivity contribution in [2.24, 2.45) is 5.73 Å². The number of carboxylic acid groups (broad SMARTS) is 1. The third kappa shape index (κ3) is 2.95. The van der Waals surface area contributed by atoms with Gasteiger partial charge in [-0.05, 0) is 12.5 Å². The third-order valence-corrected chi connectivity index (χ3v) is 2.11. The molecule has 1 atom stereocenters. The van der Waals surface area contributed by atoms with Crippen LogP contribution in [0.1, 0.15) is 18.9 Å². The topological polar surface area (TPSA) is 72.5 Å². The Morgan fingerprint density at radius 3 is 2.73 bits per heavy atom. The van der Waals surface area contributed by atoms with Crippen LogP contribution in [-0.2, 0) is 11.3 Å². The molecule has 1 unspecified atom stereocenters. The molecule has 0 radical (unpaired) electrons. The Balaban J connectivity index is 2.82. The van der Waals surface area contributed by atoms with Crippen molar-refractivity contribution in [2.45, 2.75) is 26.0 Å². The van der Waals surface area contributed by atoms with Gasteiger partial charge >= 0.3 is 5.97 Å². The van der Waals surface area contributed by atoms with Crippen LogP contribution in [0.25, 0.3) is 0 Å². The fourth-order valence-corrected chi connectivity index (χ4v) is 1.25. The van der Waals surface area contributed by atoms with Gasteiger partial charge in [0, 0.05) is 12.1 Å². The van der Waals surface area contributed by atoms with Crippen molar-refractivity contribution in [1.29, 1.82) is 0 Å². The second-order valence-electron chi connectivity index (χ2n) is 3.16. The molecule has 4 heteroatoms. The van der Waals surface area contributed by atoms with E-state index in [-0.39, 0.29) is 0 Å². The summed E-state index contributed by atoms with van der Waals surface area (Å²) in [6.07, 6.45) is -0.383. The number of rotatable bonds is 5. The predicted molar refractivity (Wildman–Crippen MR) is 56.7 cm³/mol. The molecule has 0 heterocycles. The van der Waals surface area contributed by atoms with Crippen molar-refractivity contribution in [3.8, 4) is 5.75 Å². The number of nitrogens with two attached hydrogens (primary N) is 1. The van der Waals surface area contributed by atoms with Crippen LogP contribution in [0.5, 0.6) is 5.75 Å². The van der Waals surface area contributed by atoms with Crippen LogP contribution in [-0.4, -0.2) is 17.2 Å². The molecule has 4 nitrogen and oxygen atoms in total. The summed E-state index contributed by atoms with van der Waals surface area (Å²) in [7, 11) is 0. The van der Waals surface area contributed by atoms with Gasteiger partial charge in [-0.2, -0.15) is 0 Å². The zero-order chi connectivity index (χ0) is 11.3. The molecule has 0 amide bonds. The zero-order valence-corrected chi connectivity index (χ0v) is 8.64. The molecule has 1 rings (SSSR count). The second kappa shape index (κ2) is 5.36. The van der Waals surface area contributed by atoms with Crippen LogP contribution in [0.4, 0.5) is 0 Å². The van der Waals surface area contributed by atoms with E-state index >= 15 is 0 Å². The Morgan fingerprint density at radius 1 is 1.53 bits per heavy atom. The van der Waals surface area contributed by atoms with Crippen molar-refractivity contribution in [1.82, 2.24) is 0 Å². The number of benzene rings is 1. The number of para-hydroxylation sites is 1. The average molecular weight is 209 g/mol. The van der Waals surface area contributed by atoms with Crippen LogP contribution in [0.3, 0.4) is 0 Å². The van der Waals surface area contributed by atoms with E-state index in [1.54, 1.807) is 19.1 Å². The van der Waals surface area contributed by atoms with Gasteiger partial charge in [0.1, 0.15) is 5.75 Å². The lowest BCUT2D eigenvalue weighted by molar-refractivity contribution is -0.145. The molecule has 0 saturated heterocycles. The number of ether oxygens (including phenoxy) is 1. The highest BCUT2D eigenvalue weighted by Crippen LogP contribution is 2.19. The van der Waals surface area contributed by atoms with Crippen molar-refractivity contribution >= 4 is 5.97 Å². The lowest BCUT2D eigenvalue weighted by Gasteiger charge is -2.15. The van der Waals surface area contributed by atoms with Crippen molar-refractivity contribution in [3.05, 3.63) is 29.8 Å². The molecule has 0 aromatic heterocycles. The minimum atomic E-state index is -0.954. The van der Waals surface area contributed by atoms with Gasteiger partial charge in [0.25, 0.3) is 0 Å². The molecule has 0 fully saturated rings. The molecular formula is C11H15NO3. The standard InChI is InChI=1S/C11H15NO3/c1-2-9(11(13)14)15-10-6-4-3-5-8(10)7-12/h3-6,9H,2,7,12H2,1H3,(H,13,14). The molecule has 0 aliphatic rings. The molecular weight excluding hydrogens is 194 g/mol. The minimum absolute atomic E-state index is 0.340. The predicted octanol–water partition coefficient (Wildman–Crippen LogP) is 1.39. The van der Waals surface area contributed by atoms with Crippen LogP contribution in [0.2, 0.25) is 0 Å². The first kappa shape index (κ1) is 11.5. The van der Waals surface area contributed by atoms with E-state index in [9.17, 15) is 4.79 Å². The summed E-state index contributed by atoms with van der Waals surface area (Å²) in [5.41, 5.74) is 6.33. The van der Waals surface area contributed by atoms with Crippen LogP contribution in [0, 0.1) is 0 Å². The smallest absolute Gasteiger partial charge is 0.344 e. The lowest BCUT2D eigenvalue weighted by atomic mass is 10.2.